The lowest BCUT2D eigenvalue weighted by atomic mass is 10.2. The summed E-state index contributed by atoms with van der Waals surface area (Å²) in [6.45, 7) is 5.94. The molecule has 2 rings (SSSR count). The van der Waals surface area contributed by atoms with Gasteiger partial charge in [0, 0.05) is 26.1 Å². The van der Waals surface area contributed by atoms with E-state index in [9.17, 15) is 4.39 Å². The highest BCUT2D eigenvalue weighted by Gasteiger charge is 2.12. The Kier molecular flexibility index (Phi) is 7.33. The number of halogens is 1. The van der Waals surface area contributed by atoms with Gasteiger partial charge in [-0.05, 0) is 31.5 Å². The number of nitrogens with zero attached hydrogens (tertiary/aromatic N) is 3. The van der Waals surface area contributed by atoms with Crippen LogP contribution in [0, 0.1) is 5.82 Å². The zero-order valence-electron chi connectivity index (χ0n) is 15.1. The summed E-state index contributed by atoms with van der Waals surface area (Å²) in [5.41, 5.74) is 1.95. The molecule has 0 amide bonds. The third-order valence-corrected chi connectivity index (χ3v) is 4.75. The predicted octanol–water partition coefficient (Wildman–Crippen LogP) is 3.59. The molecule has 1 unspecified atom stereocenters. The summed E-state index contributed by atoms with van der Waals surface area (Å²) in [6, 6.07) is 6.41. The topological polar surface area (TPSA) is 49.8 Å². The number of guanidine groups is 1. The molecule has 5 nitrogen and oxygen atoms in total. The molecule has 2 aromatic rings. The summed E-state index contributed by atoms with van der Waals surface area (Å²) >= 11 is 1.60. The minimum Gasteiger partial charge on any atom is -0.375 e. The van der Waals surface area contributed by atoms with Crippen LogP contribution in [0.2, 0.25) is 0 Å². The second kappa shape index (κ2) is 9.48. The smallest absolute Gasteiger partial charge is 0.194 e. The minimum atomic E-state index is -0.235. The Balaban J connectivity index is 2.03. The fraction of sp³-hybridized carbons (Fsp3) is 0.444. The van der Waals surface area contributed by atoms with Gasteiger partial charge in [0.05, 0.1) is 18.8 Å². The lowest BCUT2D eigenvalue weighted by Crippen LogP contribution is -2.38. The minimum absolute atomic E-state index is 0.00411. The van der Waals surface area contributed by atoms with Gasteiger partial charge >= 0.3 is 0 Å². The Hall–Kier alpha value is -1.99. The summed E-state index contributed by atoms with van der Waals surface area (Å²) in [4.78, 5) is 11.3. The monoisotopic (exact) mass is 364 g/mol. The number of thiazole rings is 1. The van der Waals surface area contributed by atoms with E-state index in [-0.39, 0.29) is 11.9 Å². The van der Waals surface area contributed by atoms with Crippen molar-refractivity contribution in [2.45, 2.75) is 33.0 Å². The highest BCUT2D eigenvalue weighted by Crippen LogP contribution is 2.20. The van der Waals surface area contributed by atoms with E-state index in [1.165, 1.54) is 12.1 Å². The molecule has 0 radical (unpaired) electrons. The molecule has 1 aromatic heterocycles. The van der Waals surface area contributed by atoms with Crippen LogP contribution in [-0.2, 0) is 17.8 Å². The van der Waals surface area contributed by atoms with E-state index in [1.807, 2.05) is 31.2 Å². The summed E-state index contributed by atoms with van der Waals surface area (Å²) < 4.78 is 18.3. The maximum Gasteiger partial charge on any atom is 0.194 e. The molecule has 0 spiro atoms. The molecule has 1 heterocycles. The molecule has 0 bridgehead atoms. The normalized spacial score (nSPS) is 12.9. The van der Waals surface area contributed by atoms with Crippen LogP contribution in [-0.4, -0.2) is 36.5 Å². The summed E-state index contributed by atoms with van der Waals surface area (Å²) in [6.07, 6.45) is 0.00411. The van der Waals surface area contributed by atoms with Crippen molar-refractivity contribution in [1.29, 1.82) is 0 Å². The number of aliphatic imine (C=N–C) groups is 1. The molecule has 0 aliphatic rings. The fourth-order valence-electron chi connectivity index (χ4n) is 2.23. The third-order valence-electron chi connectivity index (χ3n) is 3.69. The lowest BCUT2D eigenvalue weighted by molar-refractivity contribution is 0.119. The molecule has 0 aliphatic carbocycles. The van der Waals surface area contributed by atoms with Gasteiger partial charge in [-0.2, -0.15) is 0 Å². The van der Waals surface area contributed by atoms with Crippen molar-refractivity contribution >= 4 is 17.3 Å². The molecular formula is C18H25FN4OS. The lowest BCUT2D eigenvalue weighted by Gasteiger charge is -2.21. The molecule has 0 saturated heterocycles. The van der Waals surface area contributed by atoms with Crippen molar-refractivity contribution in [1.82, 2.24) is 15.2 Å². The summed E-state index contributed by atoms with van der Waals surface area (Å²) in [5.74, 6) is 0.558. The quantitative estimate of drug-likeness (QED) is 0.603. The number of methoxy groups -OCH3 is 1. The Morgan fingerprint density at radius 1 is 1.40 bits per heavy atom. The molecule has 1 atom stereocenters. The molecule has 0 aliphatic heterocycles. The maximum absolute atomic E-state index is 13.0. The molecule has 0 fully saturated rings. The SMILES string of the molecule is CCNC(=NCc1ccc(F)cc1)N(C)Cc1csc(C(C)OC)n1. The first-order valence-electron chi connectivity index (χ1n) is 8.24. The van der Waals surface area contributed by atoms with Crippen molar-refractivity contribution in [3.05, 3.63) is 51.7 Å². The Morgan fingerprint density at radius 3 is 2.76 bits per heavy atom. The highest BCUT2D eigenvalue weighted by molar-refractivity contribution is 7.09. The molecular weight excluding hydrogens is 339 g/mol. The van der Waals surface area contributed by atoms with Gasteiger partial charge in [-0.3, -0.25) is 0 Å². The van der Waals surface area contributed by atoms with E-state index >= 15 is 0 Å². The molecule has 1 N–H and O–H groups in total. The van der Waals surface area contributed by atoms with Gasteiger partial charge in [0.2, 0.25) is 0 Å². The van der Waals surface area contributed by atoms with Crippen LogP contribution in [0.15, 0.2) is 34.6 Å². The van der Waals surface area contributed by atoms with Crippen molar-refractivity contribution in [2.75, 3.05) is 20.7 Å². The average molecular weight is 364 g/mol. The van der Waals surface area contributed by atoms with Crippen LogP contribution in [0.25, 0.3) is 0 Å². The maximum atomic E-state index is 13.0. The average Bonchev–Trinajstić information content (AvgIpc) is 3.07. The Morgan fingerprint density at radius 2 is 2.12 bits per heavy atom. The Labute approximate surface area is 152 Å². The summed E-state index contributed by atoms with van der Waals surface area (Å²) in [7, 11) is 3.66. The number of hydrogen-bond donors (Lipinski definition) is 1. The summed E-state index contributed by atoms with van der Waals surface area (Å²) in [5, 5.41) is 6.30. The molecule has 0 saturated carbocycles. The molecule has 7 heteroatoms. The van der Waals surface area contributed by atoms with E-state index in [4.69, 9.17) is 4.74 Å². The largest absolute Gasteiger partial charge is 0.375 e. The van der Waals surface area contributed by atoms with Gasteiger partial charge < -0.3 is 15.0 Å². The van der Waals surface area contributed by atoms with Crippen LogP contribution < -0.4 is 5.32 Å². The number of nitrogens with one attached hydrogen (secondary N) is 1. The molecule has 25 heavy (non-hydrogen) atoms. The number of ether oxygens (including phenoxy) is 1. The first-order chi connectivity index (χ1) is 12.0. The van der Waals surface area contributed by atoms with Gasteiger partial charge in [-0.15, -0.1) is 11.3 Å². The Bertz CT molecular complexity index is 687. The van der Waals surface area contributed by atoms with Crippen LogP contribution in [0.1, 0.15) is 36.2 Å². The molecule has 136 valence electrons. The van der Waals surface area contributed by atoms with Crippen LogP contribution in [0.5, 0.6) is 0 Å². The zero-order chi connectivity index (χ0) is 18.2. The van der Waals surface area contributed by atoms with Crippen molar-refractivity contribution < 1.29 is 9.13 Å². The fourth-order valence-corrected chi connectivity index (χ4v) is 3.07. The van der Waals surface area contributed by atoms with Crippen LogP contribution in [0.4, 0.5) is 4.39 Å². The predicted molar refractivity (Wildman–Crippen MR) is 100 cm³/mol. The number of hydrogen-bond acceptors (Lipinski definition) is 4. The second-order valence-corrected chi connectivity index (χ2v) is 6.60. The van der Waals surface area contributed by atoms with Crippen molar-refractivity contribution in [2.24, 2.45) is 4.99 Å². The van der Waals surface area contributed by atoms with Gasteiger partial charge in [0.1, 0.15) is 16.9 Å². The first-order valence-corrected chi connectivity index (χ1v) is 9.12. The van der Waals surface area contributed by atoms with Gasteiger partial charge in [-0.25, -0.2) is 14.4 Å². The van der Waals surface area contributed by atoms with Gasteiger partial charge in [0.25, 0.3) is 0 Å². The van der Waals surface area contributed by atoms with E-state index in [1.54, 1.807) is 30.6 Å². The van der Waals surface area contributed by atoms with Crippen molar-refractivity contribution in [3.63, 3.8) is 0 Å². The number of aromatic nitrogens is 1. The standard InChI is InChI=1S/C18H25FN4OS/c1-5-20-18(21-10-14-6-8-15(19)9-7-14)23(3)11-16-12-25-17(22-16)13(2)24-4/h6-9,12-13H,5,10-11H2,1-4H3,(H,20,21). The molecule has 1 aromatic carbocycles. The van der Waals surface area contributed by atoms with Crippen LogP contribution >= 0.6 is 11.3 Å². The van der Waals surface area contributed by atoms with Gasteiger partial charge in [0.15, 0.2) is 5.96 Å². The van der Waals surface area contributed by atoms with E-state index in [0.29, 0.717) is 13.1 Å². The van der Waals surface area contributed by atoms with Crippen LogP contribution in [0.3, 0.4) is 0 Å². The first kappa shape index (κ1) is 19.3. The highest BCUT2D eigenvalue weighted by atomic mass is 32.1. The van der Waals surface area contributed by atoms with E-state index in [0.717, 1.165) is 28.8 Å². The third kappa shape index (κ3) is 5.79. The number of rotatable bonds is 7. The number of benzene rings is 1. The second-order valence-electron chi connectivity index (χ2n) is 5.71. The van der Waals surface area contributed by atoms with Crippen molar-refractivity contribution in [3.8, 4) is 0 Å². The van der Waals surface area contributed by atoms with Gasteiger partial charge in [-0.1, -0.05) is 12.1 Å². The van der Waals surface area contributed by atoms with E-state index < -0.39 is 0 Å². The van der Waals surface area contributed by atoms with E-state index in [2.05, 4.69) is 15.3 Å². The zero-order valence-corrected chi connectivity index (χ0v) is 15.9.